The van der Waals surface area contributed by atoms with Crippen LogP contribution >= 0.6 is 0 Å². The summed E-state index contributed by atoms with van der Waals surface area (Å²) in [4.78, 5) is 28.3. The number of carbonyl (C=O) groups is 2. The van der Waals surface area contributed by atoms with Crippen molar-refractivity contribution >= 4 is 27.5 Å². The largest absolute Gasteiger partial charge is 0.497 e. The molecule has 0 bridgehead atoms. The van der Waals surface area contributed by atoms with Crippen LogP contribution in [0.5, 0.6) is 28.7 Å². The van der Waals surface area contributed by atoms with Gasteiger partial charge >= 0.3 is 0 Å². The van der Waals surface area contributed by atoms with Crippen molar-refractivity contribution in [1.29, 1.82) is 0 Å². The van der Waals surface area contributed by atoms with Gasteiger partial charge < -0.3 is 33.9 Å². The van der Waals surface area contributed by atoms with E-state index in [2.05, 4.69) is 5.32 Å². The number of likely N-dealkylation sites (N-methyl/N-ethyl adjacent to an activating group) is 1. The van der Waals surface area contributed by atoms with Gasteiger partial charge in [0.25, 0.3) is 10.0 Å². The van der Waals surface area contributed by atoms with Gasteiger partial charge in [-0.3, -0.25) is 13.9 Å². The normalized spacial score (nSPS) is 11.6. The van der Waals surface area contributed by atoms with Crippen molar-refractivity contribution in [3.05, 3.63) is 66.2 Å². The zero-order valence-electron chi connectivity index (χ0n) is 25.9. The Morgan fingerprint density at radius 2 is 1.36 bits per heavy atom. The van der Waals surface area contributed by atoms with Crippen molar-refractivity contribution in [2.45, 2.75) is 31.3 Å². The van der Waals surface area contributed by atoms with E-state index in [9.17, 15) is 18.0 Å². The first-order valence-corrected chi connectivity index (χ1v) is 15.1. The summed E-state index contributed by atoms with van der Waals surface area (Å²) in [6.45, 7) is 3.08. The van der Waals surface area contributed by atoms with E-state index in [1.807, 2.05) is 0 Å². The molecule has 0 aliphatic heterocycles. The van der Waals surface area contributed by atoms with E-state index in [1.165, 1.54) is 57.6 Å². The summed E-state index contributed by atoms with van der Waals surface area (Å²) < 4.78 is 56.3. The van der Waals surface area contributed by atoms with Gasteiger partial charge in [0.2, 0.25) is 11.8 Å². The van der Waals surface area contributed by atoms with Crippen LogP contribution in [0.3, 0.4) is 0 Å². The highest BCUT2D eigenvalue weighted by atomic mass is 32.2. The third-order valence-corrected chi connectivity index (χ3v) is 8.66. The van der Waals surface area contributed by atoms with E-state index < -0.39 is 28.5 Å². The highest BCUT2D eigenvalue weighted by Crippen LogP contribution is 2.37. The molecule has 0 radical (unpaired) electrons. The Hall–Kier alpha value is -4.65. The molecule has 13 heteroatoms. The quantitative estimate of drug-likeness (QED) is 0.268. The van der Waals surface area contributed by atoms with E-state index >= 15 is 0 Å². The summed E-state index contributed by atoms with van der Waals surface area (Å²) >= 11 is 0. The molecule has 0 spiro atoms. The molecule has 44 heavy (non-hydrogen) atoms. The predicted octanol–water partition coefficient (Wildman–Crippen LogP) is 3.48. The number of anilines is 1. The molecule has 0 fully saturated rings. The molecule has 2 amide bonds. The lowest BCUT2D eigenvalue weighted by atomic mass is 10.1. The topological polar surface area (TPSA) is 133 Å². The fourth-order valence-corrected chi connectivity index (χ4v) is 5.87. The number of nitrogens with one attached hydrogen (secondary N) is 1. The van der Waals surface area contributed by atoms with Crippen molar-refractivity contribution in [2.75, 3.05) is 52.9 Å². The number of rotatable bonds is 15. The number of hydrogen-bond donors (Lipinski definition) is 1. The molecular formula is C31H39N3O9S. The Morgan fingerprint density at radius 3 is 1.93 bits per heavy atom. The van der Waals surface area contributed by atoms with Crippen molar-refractivity contribution in [1.82, 2.24) is 10.2 Å². The highest BCUT2D eigenvalue weighted by Gasteiger charge is 2.34. The molecule has 238 valence electrons. The number of amides is 2. The molecule has 3 aromatic carbocycles. The summed E-state index contributed by atoms with van der Waals surface area (Å²) in [7, 11) is 2.76. The van der Waals surface area contributed by atoms with Crippen LogP contribution < -0.4 is 33.3 Å². The van der Waals surface area contributed by atoms with E-state index in [4.69, 9.17) is 23.7 Å². The lowest BCUT2D eigenvalue weighted by Gasteiger charge is -2.32. The maximum absolute atomic E-state index is 14.3. The van der Waals surface area contributed by atoms with Crippen LogP contribution in [0.1, 0.15) is 19.4 Å². The summed E-state index contributed by atoms with van der Waals surface area (Å²) in [6, 6.07) is 14.8. The first-order valence-electron chi connectivity index (χ1n) is 13.7. The Morgan fingerprint density at radius 1 is 0.773 bits per heavy atom. The lowest BCUT2D eigenvalue weighted by molar-refractivity contribution is -0.139. The fourth-order valence-electron chi connectivity index (χ4n) is 4.44. The van der Waals surface area contributed by atoms with Crippen LogP contribution in [0.25, 0.3) is 0 Å². The van der Waals surface area contributed by atoms with Gasteiger partial charge in [-0.05, 0) is 55.8 Å². The molecule has 0 aliphatic rings. The zero-order chi connectivity index (χ0) is 32.4. The number of methoxy groups -OCH3 is 5. The minimum atomic E-state index is -4.44. The van der Waals surface area contributed by atoms with Crippen LogP contribution in [0.15, 0.2) is 65.6 Å². The van der Waals surface area contributed by atoms with Crippen molar-refractivity contribution in [2.24, 2.45) is 0 Å². The molecule has 0 saturated heterocycles. The summed E-state index contributed by atoms with van der Waals surface area (Å²) in [5.74, 6) is 0.641. The van der Waals surface area contributed by atoms with Crippen LogP contribution in [0.4, 0.5) is 5.69 Å². The van der Waals surface area contributed by atoms with E-state index in [0.29, 0.717) is 29.4 Å². The van der Waals surface area contributed by atoms with Crippen molar-refractivity contribution in [3.63, 3.8) is 0 Å². The predicted molar refractivity (Wildman–Crippen MR) is 165 cm³/mol. The second-order valence-electron chi connectivity index (χ2n) is 9.51. The minimum Gasteiger partial charge on any atom is -0.497 e. The molecule has 0 aliphatic carbocycles. The van der Waals surface area contributed by atoms with Gasteiger partial charge in [0.1, 0.15) is 29.8 Å². The number of carbonyl (C=O) groups excluding carboxylic acids is 2. The van der Waals surface area contributed by atoms with Crippen LogP contribution in [0.2, 0.25) is 0 Å². The summed E-state index contributed by atoms with van der Waals surface area (Å²) in [5, 5.41) is 2.74. The highest BCUT2D eigenvalue weighted by molar-refractivity contribution is 7.92. The van der Waals surface area contributed by atoms with Gasteiger partial charge in [-0.15, -0.1) is 0 Å². The number of nitrogens with zero attached hydrogens (tertiary/aromatic N) is 2. The van der Waals surface area contributed by atoms with E-state index in [-0.39, 0.29) is 34.5 Å². The van der Waals surface area contributed by atoms with Crippen LogP contribution in [0, 0.1) is 0 Å². The van der Waals surface area contributed by atoms with Gasteiger partial charge in [0.15, 0.2) is 11.5 Å². The molecular weight excluding hydrogens is 590 g/mol. The summed E-state index contributed by atoms with van der Waals surface area (Å²) in [5.41, 5.74) is 0.772. The molecule has 3 aromatic rings. The van der Waals surface area contributed by atoms with Crippen LogP contribution in [-0.2, 0) is 26.2 Å². The maximum atomic E-state index is 14.3. The standard InChI is InChI=1S/C31H39N3O9S/c1-8-32-31(36)21(2)33(19-22-9-11-23(39-3)12-10-22)30(35)20-34(26-17-24(40-4)13-15-27(26)41-5)44(37,38)25-14-16-28(42-6)29(18-25)43-7/h9-18,21H,8,19-20H2,1-7H3,(H,32,36)/t21-/m0/s1. The summed E-state index contributed by atoms with van der Waals surface area (Å²) in [6.07, 6.45) is 0. The third kappa shape index (κ3) is 7.64. The SMILES string of the molecule is CCNC(=O)[C@H](C)N(Cc1ccc(OC)cc1)C(=O)CN(c1cc(OC)ccc1OC)S(=O)(=O)c1ccc(OC)c(OC)c1. The Balaban J connectivity index is 2.16. The zero-order valence-corrected chi connectivity index (χ0v) is 26.8. The fraction of sp³-hybridized carbons (Fsp3) is 0.355. The number of sulfonamides is 1. The molecule has 3 rings (SSSR count). The average molecular weight is 630 g/mol. The Bertz CT molecular complexity index is 1550. The third-order valence-electron chi connectivity index (χ3n) is 6.91. The molecule has 1 atom stereocenters. The molecule has 0 heterocycles. The molecule has 0 unspecified atom stereocenters. The number of hydrogen-bond acceptors (Lipinski definition) is 9. The van der Waals surface area contributed by atoms with Gasteiger partial charge in [-0.1, -0.05) is 12.1 Å². The number of benzene rings is 3. The molecule has 0 saturated carbocycles. The molecule has 0 aromatic heterocycles. The van der Waals surface area contributed by atoms with E-state index in [1.54, 1.807) is 57.4 Å². The lowest BCUT2D eigenvalue weighted by Crippen LogP contribution is -2.51. The molecule has 1 N–H and O–H groups in total. The van der Waals surface area contributed by atoms with Crippen LogP contribution in [-0.4, -0.2) is 79.8 Å². The average Bonchev–Trinajstić information content (AvgIpc) is 3.05. The second kappa shape index (κ2) is 15.2. The van der Waals surface area contributed by atoms with Gasteiger partial charge in [-0.25, -0.2) is 8.42 Å². The van der Waals surface area contributed by atoms with Crippen molar-refractivity contribution < 1.29 is 41.7 Å². The monoisotopic (exact) mass is 629 g/mol. The molecule has 12 nitrogen and oxygen atoms in total. The van der Waals surface area contributed by atoms with Gasteiger partial charge in [0, 0.05) is 25.2 Å². The van der Waals surface area contributed by atoms with E-state index in [0.717, 1.165) is 4.31 Å². The first kappa shape index (κ1) is 33.8. The first-order chi connectivity index (χ1) is 21.0. The second-order valence-corrected chi connectivity index (χ2v) is 11.4. The van der Waals surface area contributed by atoms with Gasteiger partial charge in [0.05, 0.1) is 46.1 Å². The maximum Gasteiger partial charge on any atom is 0.265 e. The van der Waals surface area contributed by atoms with Crippen molar-refractivity contribution in [3.8, 4) is 28.7 Å². The Kier molecular flexibility index (Phi) is 11.7. The number of ether oxygens (including phenoxy) is 5. The smallest absolute Gasteiger partial charge is 0.265 e. The Labute approximate surface area is 258 Å². The minimum absolute atomic E-state index is 0.0284. The van der Waals surface area contributed by atoms with Gasteiger partial charge in [-0.2, -0.15) is 0 Å².